The van der Waals surface area contributed by atoms with Crippen LogP contribution >= 0.6 is 0 Å². The molecule has 3 rings (SSSR count). The topological polar surface area (TPSA) is 49.6 Å². The molecule has 1 heterocycles. The van der Waals surface area contributed by atoms with Gasteiger partial charge in [-0.2, -0.15) is 0 Å². The molecule has 2 unspecified atom stereocenters. The SMILES string of the molecule is CC(C)=CCN(c1ccc(CCC2CCCCC2)cc1)C1CCCN(C(=O)C(N)CC(C)C)C1. The third kappa shape index (κ3) is 8.15. The molecule has 2 N–H and O–H groups in total. The number of carbonyl (C=O) groups excluding carboxylic acids is 1. The Hall–Kier alpha value is -1.81. The van der Waals surface area contributed by atoms with Gasteiger partial charge in [0.1, 0.15) is 0 Å². The number of hydrogen-bond acceptors (Lipinski definition) is 3. The van der Waals surface area contributed by atoms with Crippen molar-refractivity contribution in [3.05, 3.63) is 41.5 Å². The number of allylic oxidation sites excluding steroid dienone is 1. The predicted molar refractivity (Wildman–Crippen MR) is 145 cm³/mol. The maximum absolute atomic E-state index is 13.0. The molecule has 0 spiro atoms. The highest BCUT2D eigenvalue weighted by atomic mass is 16.2. The van der Waals surface area contributed by atoms with Gasteiger partial charge in [0.25, 0.3) is 0 Å². The van der Waals surface area contributed by atoms with E-state index in [0.29, 0.717) is 12.0 Å². The molecule has 34 heavy (non-hydrogen) atoms. The Morgan fingerprint density at radius 1 is 1.09 bits per heavy atom. The number of benzene rings is 1. The summed E-state index contributed by atoms with van der Waals surface area (Å²) in [6, 6.07) is 9.22. The molecule has 1 amide bonds. The summed E-state index contributed by atoms with van der Waals surface area (Å²) in [7, 11) is 0. The molecule has 1 saturated carbocycles. The van der Waals surface area contributed by atoms with E-state index in [0.717, 1.165) is 44.8 Å². The summed E-state index contributed by atoms with van der Waals surface area (Å²) >= 11 is 0. The van der Waals surface area contributed by atoms with E-state index in [-0.39, 0.29) is 11.9 Å². The summed E-state index contributed by atoms with van der Waals surface area (Å²) in [5.74, 6) is 1.49. The van der Waals surface area contributed by atoms with Gasteiger partial charge in [0.2, 0.25) is 5.91 Å². The van der Waals surface area contributed by atoms with Gasteiger partial charge in [-0.05, 0) is 75.5 Å². The quantitative estimate of drug-likeness (QED) is 0.409. The lowest BCUT2D eigenvalue weighted by molar-refractivity contribution is -0.134. The highest BCUT2D eigenvalue weighted by Gasteiger charge is 2.30. The number of nitrogens with zero attached hydrogens (tertiary/aromatic N) is 2. The van der Waals surface area contributed by atoms with Crippen LogP contribution in [0.5, 0.6) is 0 Å². The lowest BCUT2D eigenvalue weighted by Gasteiger charge is -2.41. The number of piperidine rings is 1. The Bertz CT molecular complexity index is 775. The molecule has 0 aromatic heterocycles. The van der Waals surface area contributed by atoms with Crippen LogP contribution in [0.4, 0.5) is 5.69 Å². The Kier molecular flexibility index (Phi) is 10.5. The normalized spacial score (nSPS) is 20.3. The van der Waals surface area contributed by atoms with E-state index in [2.05, 4.69) is 62.9 Å². The smallest absolute Gasteiger partial charge is 0.239 e. The van der Waals surface area contributed by atoms with Gasteiger partial charge in [-0.1, -0.05) is 69.7 Å². The van der Waals surface area contributed by atoms with Gasteiger partial charge >= 0.3 is 0 Å². The molecule has 1 aliphatic carbocycles. The van der Waals surface area contributed by atoms with Crippen molar-refractivity contribution in [1.29, 1.82) is 0 Å². The largest absolute Gasteiger partial charge is 0.363 e. The van der Waals surface area contributed by atoms with Crippen molar-refractivity contribution in [2.75, 3.05) is 24.5 Å². The number of nitrogens with two attached hydrogens (primary N) is 1. The molecular weight excluding hydrogens is 418 g/mol. The molecule has 4 heteroatoms. The standard InChI is InChI=1S/C30H49N3O/c1-23(2)18-20-33(28-11-8-19-32(22-28)30(34)29(31)21-24(3)4)27-16-14-26(15-17-27)13-12-25-9-6-5-7-10-25/h14-18,24-25,28-29H,5-13,19-22,31H2,1-4H3. The summed E-state index contributed by atoms with van der Waals surface area (Å²) in [5, 5.41) is 0. The Morgan fingerprint density at radius 3 is 2.44 bits per heavy atom. The number of rotatable bonds is 10. The van der Waals surface area contributed by atoms with Crippen LogP contribution in [-0.2, 0) is 11.2 Å². The molecule has 2 aliphatic rings. The zero-order valence-corrected chi connectivity index (χ0v) is 22.3. The fraction of sp³-hybridized carbons (Fsp3) is 0.700. The highest BCUT2D eigenvalue weighted by molar-refractivity contribution is 5.81. The first-order chi connectivity index (χ1) is 16.3. The lowest BCUT2D eigenvalue weighted by Crippen LogP contribution is -2.54. The number of amides is 1. The minimum Gasteiger partial charge on any atom is -0.363 e. The van der Waals surface area contributed by atoms with Gasteiger partial charge in [-0.25, -0.2) is 0 Å². The highest BCUT2D eigenvalue weighted by Crippen LogP contribution is 2.29. The second kappa shape index (κ2) is 13.3. The Labute approximate surface area is 209 Å². The minimum absolute atomic E-state index is 0.124. The molecule has 190 valence electrons. The van der Waals surface area contributed by atoms with Crippen molar-refractivity contribution in [2.24, 2.45) is 17.6 Å². The van der Waals surface area contributed by atoms with E-state index in [1.54, 1.807) is 0 Å². The number of likely N-dealkylation sites (tertiary alicyclic amines) is 1. The molecule has 0 bridgehead atoms. The molecule has 2 atom stereocenters. The zero-order valence-electron chi connectivity index (χ0n) is 22.3. The van der Waals surface area contributed by atoms with Crippen LogP contribution in [0.1, 0.15) is 91.0 Å². The summed E-state index contributed by atoms with van der Waals surface area (Å²) < 4.78 is 0. The average Bonchev–Trinajstić information content (AvgIpc) is 2.83. The van der Waals surface area contributed by atoms with Gasteiger partial charge in [0, 0.05) is 31.4 Å². The van der Waals surface area contributed by atoms with Crippen LogP contribution in [0.2, 0.25) is 0 Å². The van der Waals surface area contributed by atoms with E-state index in [4.69, 9.17) is 5.73 Å². The summed E-state index contributed by atoms with van der Waals surface area (Å²) in [6.07, 6.45) is 14.9. The van der Waals surface area contributed by atoms with Crippen molar-refractivity contribution in [3.63, 3.8) is 0 Å². The van der Waals surface area contributed by atoms with Crippen LogP contribution < -0.4 is 10.6 Å². The Morgan fingerprint density at radius 2 is 1.79 bits per heavy atom. The van der Waals surface area contributed by atoms with E-state index in [1.165, 1.54) is 61.8 Å². The van der Waals surface area contributed by atoms with Crippen molar-refractivity contribution in [1.82, 2.24) is 4.90 Å². The van der Waals surface area contributed by atoms with Crippen molar-refractivity contribution in [2.45, 2.75) is 104 Å². The molecule has 0 radical (unpaired) electrons. The predicted octanol–water partition coefficient (Wildman–Crippen LogP) is 6.34. The second-order valence-corrected chi connectivity index (χ2v) is 11.5. The van der Waals surface area contributed by atoms with Gasteiger partial charge < -0.3 is 15.5 Å². The molecule has 1 aliphatic heterocycles. The third-order valence-corrected chi connectivity index (χ3v) is 7.72. The van der Waals surface area contributed by atoms with Crippen LogP contribution in [0.3, 0.4) is 0 Å². The molecule has 1 aromatic carbocycles. The summed E-state index contributed by atoms with van der Waals surface area (Å²) in [4.78, 5) is 17.6. The number of hydrogen-bond donors (Lipinski definition) is 1. The maximum Gasteiger partial charge on any atom is 0.239 e. The number of carbonyl (C=O) groups is 1. The fourth-order valence-corrected chi connectivity index (χ4v) is 5.70. The maximum atomic E-state index is 13.0. The van der Waals surface area contributed by atoms with Gasteiger partial charge in [0.05, 0.1) is 6.04 Å². The van der Waals surface area contributed by atoms with Crippen molar-refractivity contribution >= 4 is 11.6 Å². The Balaban J connectivity index is 1.66. The molecular formula is C30H49N3O. The fourth-order valence-electron chi connectivity index (χ4n) is 5.70. The summed E-state index contributed by atoms with van der Waals surface area (Å²) in [5.41, 5.74) is 10.3. The van der Waals surface area contributed by atoms with Gasteiger partial charge in [-0.3, -0.25) is 4.79 Å². The van der Waals surface area contributed by atoms with Crippen LogP contribution in [-0.4, -0.2) is 42.5 Å². The first-order valence-corrected chi connectivity index (χ1v) is 13.9. The zero-order chi connectivity index (χ0) is 24.5. The first kappa shape index (κ1) is 26.8. The molecule has 2 fully saturated rings. The number of anilines is 1. The minimum atomic E-state index is -0.381. The molecule has 1 saturated heterocycles. The van der Waals surface area contributed by atoms with E-state index >= 15 is 0 Å². The van der Waals surface area contributed by atoms with Crippen LogP contribution in [0.15, 0.2) is 35.9 Å². The number of aryl methyl sites for hydroxylation is 1. The lowest BCUT2D eigenvalue weighted by atomic mass is 9.85. The van der Waals surface area contributed by atoms with Crippen LogP contribution in [0, 0.1) is 11.8 Å². The van der Waals surface area contributed by atoms with Gasteiger partial charge in [0.15, 0.2) is 0 Å². The second-order valence-electron chi connectivity index (χ2n) is 11.5. The average molecular weight is 468 g/mol. The van der Waals surface area contributed by atoms with E-state index < -0.39 is 0 Å². The molecule has 4 nitrogen and oxygen atoms in total. The van der Waals surface area contributed by atoms with E-state index in [9.17, 15) is 4.79 Å². The molecule has 1 aromatic rings. The van der Waals surface area contributed by atoms with Crippen LogP contribution in [0.25, 0.3) is 0 Å². The van der Waals surface area contributed by atoms with Crippen molar-refractivity contribution < 1.29 is 4.79 Å². The monoisotopic (exact) mass is 467 g/mol. The first-order valence-electron chi connectivity index (χ1n) is 13.9. The van der Waals surface area contributed by atoms with Gasteiger partial charge in [-0.15, -0.1) is 0 Å². The summed E-state index contributed by atoms with van der Waals surface area (Å²) in [6.45, 7) is 11.1. The van der Waals surface area contributed by atoms with Crippen molar-refractivity contribution in [3.8, 4) is 0 Å². The van der Waals surface area contributed by atoms with E-state index in [1.807, 2.05) is 4.90 Å². The third-order valence-electron chi connectivity index (χ3n) is 7.72.